The molecule has 0 aromatic heterocycles. The summed E-state index contributed by atoms with van der Waals surface area (Å²) in [5.41, 5.74) is 2.27. The minimum atomic E-state index is -0.973. The van der Waals surface area contributed by atoms with Crippen LogP contribution in [0.5, 0.6) is 0 Å². The van der Waals surface area contributed by atoms with Crippen molar-refractivity contribution in [3.05, 3.63) is 56.9 Å². The van der Waals surface area contributed by atoms with Crippen LogP contribution in [0.2, 0.25) is 0 Å². The normalized spacial score (nSPS) is 21.2. The van der Waals surface area contributed by atoms with E-state index in [1.165, 1.54) is 11.6 Å². The van der Waals surface area contributed by atoms with Gasteiger partial charge in [-0.2, -0.15) is 0 Å². The Morgan fingerprint density at radius 1 is 1.33 bits per heavy atom. The maximum absolute atomic E-state index is 14.3. The van der Waals surface area contributed by atoms with Crippen molar-refractivity contribution in [2.24, 2.45) is 0 Å². The lowest BCUT2D eigenvalue weighted by Crippen LogP contribution is -2.38. The number of carboxylic acids is 1. The number of aliphatic carboxylic acids is 1. The maximum Gasteiger partial charge on any atom is 0.303 e. The number of nitrogens with zero attached hydrogens (tertiary/aromatic N) is 1. The van der Waals surface area contributed by atoms with Crippen molar-refractivity contribution in [2.45, 2.75) is 70.1 Å². The van der Waals surface area contributed by atoms with Gasteiger partial charge in [-0.3, -0.25) is 9.69 Å². The predicted molar refractivity (Wildman–Crippen MR) is 128 cm³/mol. The summed E-state index contributed by atoms with van der Waals surface area (Å²) in [4.78, 5) is 13.2. The Morgan fingerprint density at radius 2 is 2.12 bits per heavy atom. The number of ether oxygens (including phenoxy) is 1. The lowest BCUT2D eigenvalue weighted by Gasteiger charge is -2.29. The standard InChI is InChI=1S/C25H32Cl2FNO4/c1-16(20-5-2-6-24(28)21(20)8-10-25(31)32)33-15-19(30)14-29-11-3-4-18(29)12-17-7-9-22(26)23(27)13-17/h2,5-6,13,16,18-19,30H,3-4,7-12,14-15H2,1H3,(H,31,32)/t16-,18+,19-/m1/s1. The molecule has 0 amide bonds. The number of carboxylic acid groups (broad SMARTS) is 1. The number of β-amino-alcohol motifs (C(OH)–C–C–N with tert-alkyl or cyclic N) is 1. The van der Waals surface area contributed by atoms with Crippen LogP contribution in [0.1, 0.15) is 62.7 Å². The zero-order valence-corrected chi connectivity index (χ0v) is 20.4. The van der Waals surface area contributed by atoms with Gasteiger partial charge in [-0.05, 0) is 75.3 Å². The molecule has 182 valence electrons. The van der Waals surface area contributed by atoms with Gasteiger partial charge in [0.05, 0.1) is 23.8 Å². The average molecular weight is 500 g/mol. The first-order chi connectivity index (χ1) is 15.7. The van der Waals surface area contributed by atoms with E-state index in [0.717, 1.165) is 43.7 Å². The summed E-state index contributed by atoms with van der Waals surface area (Å²) in [5, 5.41) is 20.9. The molecule has 1 aromatic carbocycles. The molecule has 0 spiro atoms. The van der Waals surface area contributed by atoms with E-state index in [1.54, 1.807) is 19.1 Å². The molecule has 0 saturated carbocycles. The molecule has 1 aliphatic heterocycles. The minimum absolute atomic E-state index is 0.101. The highest BCUT2D eigenvalue weighted by molar-refractivity contribution is 6.40. The van der Waals surface area contributed by atoms with Crippen molar-refractivity contribution in [1.82, 2.24) is 4.90 Å². The zero-order chi connectivity index (χ0) is 24.0. The second-order valence-electron chi connectivity index (χ2n) is 8.88. The third kappa shape index (κ3) is 7.52. The molecule has 0 bridgehead atoms. The van der Waals surface area contributed by atoms with Crippen LogP contribution < -0.4 is 0 Å². The van der Waals surface area contributed by atoms with Crippen LogP contribution >= 0.6 is 23.2 Å². The smallest absolute Gasteiger partial charge is 0.303 e. The molecule has 5 nitrogen and oxygen atoms in total. The van der Waals surface area contributed by atoms with E-state index >= 15 is 0 Å². The molecule has 33 heavy (non-hydrogen) atoms. The zero-order valence-electron chi connectivity index (χ0n) is 18.9. The second kappa shape index (κ2) is 12.3. The van der Waals surface area contributed by atoms with E-state index in [4.69, 9.17) is 33.0 Å². The van der Waals surface area contributed by atoms with Gasteiger partial charge in [0, 0.05) is 24.0 Å². The van der Waals surface area contributed by atoms with Gasteiger partial charge in [0.2, 0.25) is 0 Å². The van der Waals surface area contributed by atoms with E-state index in [0.29, 0.717) is 28.7 Å². The summed E-state index contributed by atoms with van der Waals surface area (Å²) in [7, 11) is 0. The van der Waals surface area contributed by atoms with Crippen LogP contribution in [0.15, 0.2) is 39.9 Å². The Hall–Kier alpha value is -1.44. The molecule has 1 heterocycles. The molecule has 0 radical (unpaired) electrons. The molecular weight excluding hydrogens is 468 g/mol. The fraction of sp³-hybridized carbons (Fsp3) is 0.560. The fourth-order valence-electron chi connectivity index (χ4n) is 4.67. The summed E-state index contributed by atoms with van der Waals surface area (Å²) in [5.74, 6) is -1.41. The summed E-state index contributed by atoms with van der Waals surface area (Å²) < 4.78 is 20.2. The Balaban J connectivity index is 1.53. The first-order valence-electron chi connectivity index (χ1n) is 11.5. The summed E-state index contributed by atoms with van der Waals surface area (Å²) in [6.07, 6.45) is 5.57. The van der Waals surface area contributed by atoms with E-state index < -0.39 is 24.0 Å². The Kier molecular flexibility index (Phi) is 9.77. The average Bonchev–Trinajstić information content (AvgIpc) is 3.19. The lowest BCUT2D eigenvalue weighted by molar-refractivity contribution is -0.136. The minimum Gasteiger partial charge on any atom is -0.481 e. The van der Waals surface area contributed by atoms with E-state index in [-0.39, 0.29) is 19.4 Å². The van der Waals surface area contributed by atoms with Gasteiger partial charge in [0.1, 0.15) is 5.82 Å². The van der Waals surface area contributed by atoms with Crippen molar-refractivity contribution in [3.63, 3.8) is 0 Å². The summed E-state index contributed by atoms with van der Waals surface area (Å²) >= 11 is 12.3. The summed E-state index contributed by atoms with van der Waals surface area (Å²) in [6, 6.07) is 5.02. The highest BCUT2D eigenvalue weighted by Crippen LogP contribution is 2.33. The predicted octanol–water partition coefficient (Wildman–Crippen LogP) is 5.55. The van der Waals surface area contributed by atoms with Gasteiger partial charge in [0.15, 0.2) is 0 Å². The molecule has 1 saturated heterocycles. The highest BCUT2D eigenvalue weighted by atomic mass is 35.5. The number of aliphatic hydroxyl groups excluding tert-OH is 1. The summed E-state index contributed by atoms with van der Waals surface area (Å²) in [6.45, 7) is 3.34. The number of halogens is 3. The molecule has 1 aliphatic carbocycles. The fourth-order valence-corrected chi connectivity index (χ4v) is 5.07. The number of allylic oxidation sites excluding steroid dienone is 3. The van der Waals surface area contributed by atoms with Crippen molar-refractivity contribution in [1.29, 1.82) is 0 Å². The number of aliphatic hydroxyl groups is 1. The van der Waals surface area contributed by atoms with Gasteiger partial charge in [0.25, 0.3) is 0 Å². The van der Waals surface area contributed by atoms with Crippen molar-refractivity contribution in [2.75, 3.05) is 19.7 Å². The number of carbonyl (C=O) groups is 1. The third-order valence-corrected chi connectivity index (χ3v) is 7.24. The Morgan fingerprint density at radius 3 is 2.85 bits per heavy atom. The molecule has 3 atom stereocenters. The molecule has 0 unspecified atom stereocenters. The molecule has 2 aliphatic rings. The van der Waals surface area contributed by atoms with Gasteiger partial charge >= 0.3 is 5.97 Å². The molecule has 1 aromatic rings. The van der Waals surface area contributed by atoms with Gasteiger partial charge in [-0.15, -0.1) is 0 Å². The van der Waals surface area contributed by atoms with Crippen molar-refractivity contribution >= 4 is 29.2 Å². The van der Waals surface area contributed by atoms with Crippen LogP contribution in [0.4, 0.5) is 4.39 Å². The van der Waals surface area contributed by atoms with E-state index in [1.807, 2.05) is 6.08 Å². The Labute approximate surface area is 204 Å². The van der Waals surface area contributed by atoms with E-state index in [2.05, 4.69) is 4.90 Å². The largest absolute Gasteiger partial charge is 0.481 e. The van der Waals surface area contributed by atoms with Gasteiger partial charge in [-0.25, -0.2) is 4.39 Å². The molecule has 8 heteroatoms. The van der Waals surface area contributed by atoms with Crippen LogP contribution in [-0.4, -0.2) is 52.9 Å². The number of hydrogen-bond acceptors (Lipinski definition) is 4. The van der Waals surface area contributed by atoms with Crippen molar-refractivity contribution in [3.8, 4) is 0 Å². The van der Waals surface area contributed by atoms with Crippen molar-refractivity contribution < 1.29 is 24.1 Å². The molecule has 1 fully saturated rings. The van der Waals surface area contributed by atoms with Crippen LogP contribution in [0, 0.1) is 5.82 Å². The van der Waals surface area contributed by atoms with Crippen LogP contribution in [0.25, 0.3) is 0 Å². The topological polar surface area (TPSA) is 70.0 Å². The quantitative estimate of drug-likeness (QED) is 0.417. The number of benzene rings is 1. The van der Waals surface area contributed by atoms with E-state index in [9.17, 15) is 14.3 Å². The van der Waals surface area contributed by atoms with Gasteiger partial charge in [-0.1, -0.05) is 40.9 Å². The first-order valence-corrected chi connectivity index (χ1v) is 12.3. The number of hydrogen-bond donors (Lipinski definition) is 2. The maximum atomic E-state index is 14.3. The highest BCUT2D eigenvalue weighted by Gasteiger charge is 2.28. The lowest BCUT2D eigenvalue weighted by atomic mass is 9.96. The number of rotatable bonds is 11. The Bertz CT molecular complexity index is 904. The second-order valence-corrected chi connectivity index (χ2v) is 9.74. The van der Waals surface area contributed by atoms with Gasteiger partial charge < -0.3 is 14.9 Å². The SMILES string of the molecule is C[C@@H](OC[C@H](O)CN1CCC[C@H]1CC1=CC(Cl)=C(Cl)CC1)c1cccc(F)c1CCC(=O)O. The van der Waals surface area contributed by atoms with Crippen LogP contribution in [0.3, 0.4) is 0 Å². The molecular formula is C25H32Cl2FNO4. The monoisotopic (exact) mass is 499 g/mol. The van der Waals surface area contributed by atoms with Crippen LogP contribution in [-0.2, 0) is 16.0 Å². The molecule has 2 N–H and O–H groups in total. The number of likely N-dealkylation sites (tertiary alicyclic amines) is 1. The molecule has 3 rings (SSSR count). The third-order valence-electron chi connectivity index (χ3n) is 6.42. The first kappa shape index (κ1) is 26.2.